The van der Waals surface area contributed by atoms with Gasteiger partial charge in [-0.2, -0.15) is 0 Å². The van der Waals surface area contributed by atoms with Gasteiger partial charge in [0.2, 0.25) is 0 Å². The summed E-state index contributed by atoms with van der Waals surface area (Å²) in [5.41, 5.74) is 2.39. The highest BCUT2D eigenvalue weighted by Crippen LogP contribution is 2.36. The molecule has 0 aromatic heterocycles. The molecule has 0 fully saturated rings. The third kappa shape index (κ3) is 6.03. The summed E-state index contributed by atoms with van der Waals surface area (Å²) in [7, 11) is 2.98. The lowest BCUT2D eigenvalue weighted by Gasteiger charge is -2.10. The van der Waals surface area contributed by atoms with Crippen LogP contribution < -0.4 is 14.8 Å². The third-order valence-electron chi connectivity index (χ3n) is 3.83. The topological polar surface area (TPSA) is 73.9 Å². The van der Waals surface area contributed by atoms with Gasteiger partial charge in [-0.25, -0.2) is 4.79 Å². The fraction of sp³-hybridized carbons (Fsp3) is 0.238. The van der Waals surface area contributed by atoms with Crippen LogP contribution in [0.25, 0.3) is 6.08 Å². The highest BCUT2D eigenvalue weighted by Gasteiger charge is 2.10. The molecule has 2 aromatic carbocycles. The molecule has 2 aromatic rings. The van der Waals surface area contributed by atoms with Gasteiger partial charge in [0.15, 0.2) is 18.1 Å². The van der Waals surface area contributed by atoms with Gasteiger partial charge in [0, 0.05) is 11.8 Å². The minimum absolute atomic E-state index is 0.351. The summed E-state index contributed by atoms with van der Waals surface area (Å²) < 4.78 is 15.3. The van der Waals surface area contributed by atoms with Crippen molar-refractivity contribution in [1.29, 1.82) is 0 Å². The largest absolute Gasteiger partial charge is 0.493 e. The van der Waals surface area contributed by atoms with Gasteiger partial charge in [-0.15, -0.1) is 0 Å². The molecule has 0 heterocycles. The number of hydrogen-bond donors (Lipinski definition) is 1. The van der Waals surface area contributed by atoms with Gasteiger partial charge in [0.05, 0.1) is 19.2 Å². The Balaban J connectivity index is 1.91. The summed E-state index contributed by atoms with van der Waals surface area (Å²) in [6.45, 7) is 1.65. The molecule has 0 spiro atoms. The molecule has 0 aliphatic heterocycles. The Morgan fingerprint density at radius 2 is 1.93 bits per heavy atom. The lowest BCUT2D eigenvalue weighted by atomic mass is 10.1. The number of methoxy groups -OCH3 is 2. The lowest BCUT2D eigenvalue weighted by molar-refractivity contribution is -0.142. The maximum absolute atomic E-state index is 11.9. The molecule has 1 amide bonds. The fourth-order valence-electron chi connectivity index (χ4n) is 2.45. The van der Waals surface area contributed by atoms with Crippen LogP contribution in [0.3, 0.4) is 0 Å². The monoisotopic (exact) mass is 403 g/mol. The molecule has 0 unspecified atom stereocenters. The van der Waals surface area contributed by atoms with E-state index in [-0.39, 0.29) is 6.61 Å². The number of anilines is 1. The molecule has 148 valence electrons. The maximum atomic E-state index is 11.9. The number of esters is 1. The zero-order chi connectivity index (χ0) is 20.5. The first-order valence-electron chi connectivity index (χ1n) is 8.62. The smallest absolute Gasteiger partial charge is 0.331 e. The SMILES string of the molecule is CCc1cccc(NC(=O)COC(=O)/C=C/c2cc(Cl)c(OC)c(OC)c2)c1. The number of ether oxygens (including phenoxy) is 3. The minimum Gasteiger partial charge on any atom is -0.493 e. The Bertz CT molecular complexity index is 879. The van der Waals surface area contributed by atoms with E-state index < -0.39 is 11.9 Å². The van der Waals surface area contributed by atoms with E-state index in [1.807, 2.05) is 25.1 Å². The van der Waals surface area contributed by atoms with Crippen molar-refractivity contribution in [3.8, 4) is 11.5 Å². The normalized spacial score (nSPS) is 10.6. The number of carbonyl (C=O) groups is 2. The average Bonchev–Trinajstić information content (AvgIpc) is 2.70. The van der Waals surface area contributed by atoms with Gasteiger partial charge in [0.25, 0.3) is 5.91 Å². The van der Waals surface area contributed by atoms with Crippen LogP contribution in [-0.2, 0) is 20.7 Å². The van der Waals surface area contributed by atoms with Gasteiger partial charge < -0.3 is 19.5 Å². The van der Waals surface area contributed by atoms with E-state index in [4.69, 9.17) is 25.8 Å². The minimum atomic E-state index is -0.650. The summed E-state index contributed by atoms with van der Waals surface area (Å²) in [5.74, 6) is -0.211. The molecule has 6 nitrogen and oxygen atoms in total. The van der Waals surface area contributed by atoms with Crippen LogP contribution in [0.15, 0.2) is 42.5 Å². The Kier molecular flexibility index (Phi) is 7.89. The Morgan fingerprint density at radius 1 is 1.14 bits per heavy atom. The summed E-state index contributed by atoms with van der Waals surface area (Å²) in [4.78, 5) is 23.8. The van der Waals surface area contributed by atoms with E-state index in [0.29, 0.717) is 27.8 Å². The van der Waals surface area contributed by atoms with Gasteiger partial charge in [0.1, 0.15) is 0 Å². The summed E-state index contributed by atoms with van der Waals surface area (Å²) in [6.07, 6.45) is 3.59. The zero-order valence-electron chi connectivity index (χ0n) is 16.0. The molecule has 0 saturated carbocycles. The van der Waals surface area contributed by atoms with E-state index in [2.05, 4.69) is 5.32 Å². The molecular formula is C21H22ClNO5. The molecule has 0 aliphatic rings. The van der Waals surface area contributed by atoms with E-state index in [1.54, 1.807) is 18.2 Å². The average molecular weight is 404 g/mol. The van der Waals surface area contributed by atoms with Crippen LogP contribution in [0.5, 0.6) is 11.5 Å². The summed E-state index contributed by atoms with van der Waals surface area (Å²) >= 11 is 6.12. The Hall–Kier alpha value is -2.99. The zero-order valence-corrected chi connectivity index (χ0v) is 16.7. The number of aryl methyl sites for hydroxylation is 1. The van der Waals surface area contributed by atoms with Crippen LogP contribution in [0.4, 0.5) is 5.69 Å². The molecule has 28 heavy (non-hydrogen) atoms. The van der Waals surface area contributed by atoms with E-state index in [0.717, 1.165) is 12.0 Å². The Morgan fingerprint density at radius 3 is 2.61 bits per heavy atom. The molecule has 0 atom stereocenters. The van der Waals surface area contributed by atoms with E-state index >= 15 is 0 Å². The van der Waals surface area contributed by atoms with Crippen LogP contribution >= 0.6 is 11.6 Å². The number of carbonyl (C=O) groups excluding carboxylic acids is 2. The number of benzene rings is 2. The number of rotatable bonds is 8. The van der Waals surface area contributed by atoms with Crippen molar-refractivity contribution in [2.75, 3.05) is 26.1 Å². The molecule has 0 radical (unpaired) electrons. The van der Waals surface area contributed by atoms with Crippen molar-refractivity contribution >= 4 is 35.2 Å². The van der Waals surface area contributed by atoms with Gasteiger partial charge in [-0.1, -0.05) is 30.7 Å². The van der Waals surface area contributed by atoms with Crippen LogP contribution in [0.1, 0.15) is 18.1 Å². The predicted molar refractivity (Wildman–Crippen MR) is 109 cm³/mol. The maximum Gasteiger partial charge on any atom is 0.331 e. The molecule has 2 rings (SSSR count). The van der Waals surface area contributed by atoms with E-state index in [1.165, 1.54) is 26.4 Å². The van der Waals surface area contributed by atoms with E-state index in [9.17, 15) is 9.59 Å². The number of hydrogen-bond acceptors (Lipinski definition) is 5. The van der Waals surface area contributed by atoms with Gasteiger partial charge >= 0.3 is 5.97 Å². The van der Waals surface area contributed by atoms with Crippen molar-refractivity contribution in [3.63, 3.8) is 0 Å². The second-order valence-electron chi connectivity index (χ2n) is 5.78. The highest BCUT2D eigenvalue weighted by atomic mass is 35.5. The predicted octanol–water partition coefficient (Wildman–Crippen LogP) is 4.11. The molecule has 0 bridgehead atoms. The van der Waals surface area contributed by atoms with Crippen molar-refractivity contribution in [3.05, 3.63) is 58.6 Å². The molecular weight excluding hydrogens is 382 g/mol. The van der Waals surface area contributed by atoms with Crippen LogP contribution in [-0.4, -0.2) is 32.7 Å². The second-order valence-corrected chi connectivity index (χ2v) is 6.19. The van der Waals surface area contributed by atoms with Crippen molar-refractivity contribution in [1.82, 2.24) is 0 Å². The molecule has 0 aliphatic carbocycles. The fourth-order valence-corrected chi connectivity index (χ4v) is 2.75. The van der Waals surface area contributed by atoms with Gasteiger partial charge in [-0.3, -0.25) is 4.79 Å². The van der Waals surface area contributed by atoms with Crippen LogP contribution in [0, 0.1) is 0 Å². The van der Waals surface area contributed by atoms with Gasteiger partial charge in [-0.05, 0) is 47.9 Å². The first-order chi connectivity index (χ1) is 13.5. The second kappa shape index (κ2) is 10.4. The van der Waals surface area contributed by atoms with Crippen molar-refractivity contribution in [2.24, 2.45) is 0 Å². The number of halogens is 1. The van der Waals surface area contributed by atoms with Crippen LogP contribution in [0.2, 0.25) is 5.02 Å². The molecule has 1 N–H and O–H groups in total. The first-order valence-corrected chi connectivity index (χ1v) is 8.99. The highest BCUT2D eigenvalue weighted by molar-refractivity contribution is 6.32. The standard InChI is InChI=1S/C21H22ClNO5/c1-4-14-6-5-7-16(10-14)23-19(24)13-28-20(25)9-8-15-11-17(22)21(27-3)18(12-15)26-2/h5-12H,4,13H2,1-3H3,(H,23,24)/b9-8+. The summed E-state index contributed by atoms with van der Waals surface area (Å²) in [6, 6.07) is 10.8. The lowest BCUT2D eigenvalue weighted by Crippen LogP contribution is -2.20. The molecule has 7 heteroatoms. The first kappa shape index (κ1) is 21.3. The third-order valence-corrected chi connectivity index (χ3v) is 4.11. The molecule has 0 saturated heterocycles. The van der Waals surface area contributed by atoms with Crippen molar-refractivity contribution < 1.29 is 23.8 Å². The van der Waals surface area contributed by atoms with Crippen molar-refractivity contribution in [2.45, 2.75) is 13.3 Å². The number of nitrogens with one attached hydrogen (secondary N) is 1. The Labute approximate surface area is 169 Å². The quantitative estimate of drug-likeness (QED) is 0.530. The summed E-state index contributed by atoms with van der Waals surface area (Å²) in [5, 5.41) is 3.04. The number of amides is 1.